The highest BCUT2D eigenvalue weighted by Gasteiger charge is 2.41. The predicted molar refractivity (Wildman–Crippen MR) is 61.8 cm³/mol. The van der Waals surface area contributed by atoms with E-state index in [1.165, 1.54) is 25.7 Å². The average molecular weight is 215 g/mol. The number of hydrogen-bond acceptors (Lipinski definition) is 3. The molecule has 3 nitrogen and oxygen atoms in total. The van der Waals surface area contributed by atoms with E-state index in [1.54, 1.807) is 0 Å². The van der Waals surface area contributed by atoms with Crippen molar-refractivity contribution in [1.29, 1.82) is 0 Å². The van der Waals surface area contributed by atoms with Crippen molar-refractivity contribution in [2.24, 2.45) is 5.41 Å². The summed E-state index contributed by atoms with van der Waals surface area (Å²) in [5.74, 6) is 0. The molecule has 0 saturated carbocycles. The van der Waals surface area contributed by atoms with Gasteiger partial charge in [-0.2, -0.15) is 0 Å². The lowest BCUT2D eigenvalue weighted by molar-refractivity contribution is -0.0476. The first kappa shape index (κ1) is 12.9. The molecule has 1 aliphatic heterocycles. The molecule has 1 fully saturated rings. The van der Waals surface area contributed by atoms with Gasteiger partial charge in [-0.25, -0.2) is 0 Å². The summed E-state index contributed by atoms with van der Waals surface area (Å²) >= 11 is 0. The second kappa shape index (κ2) is 5.83. The van der Waals surface area contributed by atoms with Crippen molar-refractivity contribution in [3.8, 4) is 0 Å². The molecule has 3 heteroatoms. The van der Waals surface area contributed by atoms with E-state index in [0.717, 1.165) is 13.1 Å². The minimum atomic E-state index is -0.564. The zero-order valence-corrected chi connectivity index (χ0v) is 10.1. The van der Waals surface area contributed by atoms with Crippen molar-refractivity contribution in [2.75, 3.05) is 26.2 Å². The van der Waals surface area contributed by atoms with Crippen LogP contribution in [0.5, 0.6) is 0 Å². The molecule has 0 amide bonds. The smallest absolute Gasteiger partial charge is 0.0897 e. The van der Waals surface area contributed by atoms with Gasteiger partial charge in [0.1, 0.15) is 0 Å². The normalized spacial score (nSPS) is 22.4. The van der Waals surface area contributed by atoms with Crippen LogP contribution in [0.25, 0.3) is 0 Å². The molecule has 15 heavy (non-hydrogen) atoms. The maximum absolute atomic E-state index is 9.33. The minimum Gasteiger partial charge on any atom is -0.394 e. The number of hydrogen-bond donors (Lipinski definition) is 2. The largest absolute Gasteiger partial charge is 0.394 e. The number of β-amino-alcohol motifs (C(OH)–C–C–N with tert-alkyl or cyclic N) is 1. The van der Waals surface area contributed by atoms with E-state index in [1.807, 2.05) is 0 Å². The van der Waals surface area contributed by atoms with Crippen molar-refractivity contribution in [2.45, 2.75) is 45.6 Å². The molecule has 1 heterocycles. The monoisotopic (exact) mass is 215 g/mol. The Morgan fingerprint density at radius 1 is 1.20 bits per heavy atom. The summed E-state index contributed by atoms with van der Waals surface area (Å²) in [4.78, 5) is 2.26. The Morgan fingerprint density at radius 3 is 2.13 bits per heavy atom. The molecule has 1 aliphatic rings. The number of aliphatic hydroxyl groups excluding tert-OH is 2. The number of aliphatic hydroxyl groups is 2. The van der Waals surface area contributed by atoms with Gasteiger partial charge in [-0.3, -0.25) is 4.90 Å². The summed E-state index contributed by atoms with van der Waals surface area (Å²) in [5, 5.41) is 18.1. The molecule has 2 N–H and O–H groups in total. The molecule has 0 aromatic carbocycles. The average Bonchev–Trinajstić information content (AvgIpc) is 2.15. The molecule has 1 saturated heterocycles. The second-order valence-corrected chi connectivity index (χ2v) is 5.01. The fourth-order valence-electron chi connectivity index (χ4n) is 2.89. The van der Waals surface area contributed by atoms with E-state index in [-0.39, 0.29) is 6.61 Å². The molecule has 0 aromatic rings. The number of nitrogens with zero attached hydrogens (tertiary/aromatic N) is 1. The van der Waals surface area contributed by atoms with Crippen LogP contribution in [0.3, 0.4) is 0 Å². The standard InChI is InChI=1S/C12H25NO2/c1-3-5-12(6-4-2)9-13(10-12)7-11(15)8-14/h11,14-15H,3-10H2,1-2H3. The van der Waals surface area contributed by atoms with Crippen LogP contribution >= 0.6 is 0 Å². The Kier molecular flexibility index (Phi) is 5.03. The van der Waals surface area contributed by atoms with Gasteiger partial charge in [0, 0.05) is 19.6 Å². The van der Waals surface area contributed by atoms with Crippen LogP contribution in [0.4, 0.5) is 0 Å². The second-order valence-electron chi connectivity index (χ2n) is 5.01. The van der Waals surface area contributed by atoms with Crippen molar-refractivity contribution in [1.82, 2.24) is 4.90 Å². The van der Waals surface area contributed by atoms with Gasteiger partial charge in [0.25, 0.3) is 0 Å². The van der Waals surface area contributed by atoms with Crippen LogP contribution in [-0.4, -0.2) is 47.5 Å². The first-order valence-corrected chi connectivity index (χ1v) is 6.17. The van der Waals surface area contributed by atoms with Gasteiger partial charge in [-0.1, -0.05) is 26.7 Å². The quantitative estimate of drug-likeness (QED) is 0.671. The molecular weight excluding hydrogens is 190 g/mol. The van der Waals surface area contributed by atoms with E-state index in [0.29, 0.717) is 12.0 Å². The predicted octanol–water partition coefficient (Wildman–Crippen LogP) is 1.24. The summed E-state index contributed by atoms with van der Waals surface area (Å²) in [6, 6.07) is 0. The third-order valence-corrected chi connectivity index (χ3v) is 3.36. The summed E-state index contributed by atoms with van der Waals surface area (Å²) in [7, 11) is 0. The van der Waals surface area contributed by atoms with Gasteiger partial charge in [0.2, 0.25) is 0 Å². The van der Waals surface area contributed by atoms with E-state index in [4.69, 9.17) is 5.11 Å². The fourth-order valence-corrected chi connectivity index (χ4v) is 2.89. The Hall–Kier alpha value is -0.120. The topological polar surface area (TPSA) is 43.7 Å². The zero-order valence-electron chi connectivity index (χ0n) is 10.1. The summed E-state index contributed by atoms with van der Waals surface area (Å²) < 4.78 is 0. The minimum absolute atomic E-state index is 0.120. The Morgan fingerprint density at radius 2 is 1.73 bits per heavy atom. The molecule has 0 aromatic heterocycles. The molecule has 1 atom stereocenters. The summed E-state index contributed by atoms with van der Waals surface area (Å²) in [5.41, 5.74) is 0.513. The van der Waals surface area contributed by atoms with Crippen LogP contribution < -0.4 is 0 Å². The fraction of sp³-hybridized carbons (Fsp3) is 1.00. The molecule has 90 valence electrons. The van der Waals surface area contributed by atoms with Gasteiger partial charge in [-0.15, -0.1) is 0 Å². The maximum atomic E-state index is 9.33. The van der Waals surface area contributed by atoms with E-state index in [9.17, 15) is 5.11 Å². The summed E-state index contributed by atoms with van der Waals surface area (Å²) in [6.45, 7) is 7.19. The Bertz CT molecular complexity index is 170. The van der Waals surface area contributed by atoms with E-state index >= 15 is 0 Å². The lowest BCUT2D eigenvalue weighted by atomic mass is 9.72. The van der Waals surface area contributed by atoms with Gasteiger partial charge in [-0.05, 0) is 18.3 Å². The summed E-state index contributed by atoms with van der Waals surface area (Å²) in [6.07, 6.45) is 4.53. The van der Waals surface area contributed by atoms with Crippen LogP contribution in [0.15, 0.2) is 0 Å². The highest BCUT2D eigenvalue weighted by molar-refractivity contribution is 4.94. The van der Waals surface area contributed by atoms with Crippen LogP contribution in [0.1, 0.15) is 39.5 Å². The van der Waals surface area contributed by atoms with Crippen molar-refractivity contribution in [3.63, 3.8) is 0 Å². The molecule has 0 aliphatic carbocycles. The first-order valence-electron chi connectivity index (χ1n) is 6.17. The van der Waals surface area contributed by atoms with Crippen molar-refractivity contribution >= 4 is 0 Å². The molecule has 0 spiro atoms. The van der Waals surface area contributed by atoms with Gasteiger partial charge < -0.3 is 10.2 Å². The number of likely N-dealkylation sites (tertiary alicyclic amines) is 1. The van der Waals surface area contributed by atoms with Gasteiger partial charge in [0.15, 0.2) is 0 Å². The molecule has 1 unspecified atom stereocenters. The lowest BCUT2D eigenvalue weighted by Gasteiger charge is -2.51. The highest BCUT2D eigenvalue weighted by Crippen LogP contribution is 2.39. The van der Waals surface area contributed by atoms with Crippen LogP contribution in [0, 0.1) is 5.41 Å². The van der Waals surface area contributed by atoms with Crippen molar-refractivity contribution < 1.29 is 10.2 Å². The molecule has 0 bridgehead atoms. The van der Waals surface area contributed by atoms with Crippen molar-refractivity contribution in [3.05, 3.63) is 0 Å². The molecule has 1 rings (SSSR count). The third-order valence-electron chi connectivity index (χ3n) is 3.36. The highest BCUT2D eigenvalue weighted by atomic mass is 16.3. The van der Waals surface area contributed by atoms with Crippen LogP contribution in [-0.2, 0) is 0 Å². The van der Waals surface area contributed by atoms with Gasteiger partial charge in [0.05, 0.1) is 12.7 Å². The third kappa shape index (κ3) is 3.44. The van der Waals surface area contributed by atoms with E-state index in [2.05, 4.69) is 18.7 Å². The zero-order chi connectivity index (χ0) is 11.3. The first-order chi connectivity index (χ1) is 7.15. The molecular formula is C12H25NO2. The number of rotatable bonds is 7. The Labute approximate surface area is 93.1 Å². The van der Waals surface area contributed by atoms with Crippen LogP contribution in [0.2, 0.25) is 0 Å². The molecule has 0 radical (unpaired) electrons. The van der Waals surface area contributed by atoms with E-state index < -0.39 is 6.10 Å². The lowest BCUT2D eigenvalue weighted by Crippen LogP contribution is -2.58. The SMILES string of the molecule is CCCC1(CCC)CN(CC(O)CO)C1. The Balaban J connectivity index is 2.30. The van der Waals surface area contributed by atoms with Gasteiger partial charge >= 0.3 is 0 Å². The maximum Gasteiger partial charge on any atom is 0.0897 e.